The first-order valence-corrected chi connectivity index (χ1v) is 10.3. The van der Waals surface area contributed by atoms with Gasteiger partial charge in [0.05, 0.1) is 5.75 Å². The summed E-state index contributed by atoms with van der Waals surface area (Å²) in [5.41, 5.74) is 0. The lowest BCUT2D eigenvalue weighted by Gasteiger charge is -2.25. The van der Waals surface area contributed by atoms with E-state index in [1.54, 1.807) is 4.31 Å². The predicted octanol–water partition coefficient (Wildman–Crippen LogP) is 0.576. The van der Waals surface area contributed by atoms with Crippen LogP contribution >= 0.6 is 11.8 Å². The fourth-order valence-electron chi connectivity index (χ4n) is 1.87. The van der Waals surface area contributed by atoms with Crippen LogP contribution in [0.5, 0.6) is 0 Å². The molecule has 0 unspecified atom stereocenters. The van der Waals surface area contributed by atoms with Gasteiger partial charge in [0.15, 0.2) is 5.96 Å². The van der Waals surface area contributed by atoms with Crippen molar-refractivity contribution >= 4 is 27.7 Å². The van der Waals surface area contributed by atoms with E-state index < -0.39 is 10.0 Å². The average Bonchev–Trinajstić information content (AvgIpc) is 2.45. The zero-order valence-electron chi connectivity index (χ0n) is 13.3. The standard InChI is InChI=1S/C13H28N4O2S2/c1-4-14-13(16-11-12(2)3)15-5-10-21(18,19)17-6-8-20-9-7-17/h12H,4-11H2,1-3H3,(H2,14,15,16). The third kappa shape index (κ3) is 7.37. The Kier molecular flexibility index (Phi) is 8.43. The molecule has 1 aliphatic rings. The lowest BCUT2D eigenvalue weighted by Crippen LogP contribution is -2.44. The minimum atomic E-state index is -3.15. The number of rotatable bonds is 7. The maximum atomic E-state index is 12.2. The van der Waals surface area contributed by atoms with Crippen molar-refractivity contribution in [3.05, 3.63) is 0 Å². The van der Waals surface area contributed by atoms with Crippen LogP contribution in [0.1, 0.15) is 20.8 Å². The first-order valence-electron chi connectivity index (χ1n) is 7.53. The van der Waals surface area contributed by atoms with Crippen molar-refractivity contribution in [2.75, 3.05) is 50.0 Å². The Morgan fingerprint density at radius 1 is 1.29 bits per heavy atom. The van der Waals surface area contributed by atoms with Gasteiger partial charge in [0.25, 0.3) is 0 Å². The van der Waals surface area contributed by atoms with E-state index in [-0.39, 0.29) is 5.75 Å². The van der Waals surface area contributed by atoms with Gasteiger partial charge in [0.2, 0.25) is 10.0 Å². The highest BCUT2D eigenvalue weighted by Crippen LogP contribution is 2.12. The number of aliphatic imine (C=N–C) groups is 1. The number of sulfonamides is 1. The van der Waals surface area contributed by atoms with Gasteiger partial charge < -0.3 is 10.6 Å². The number of guanidine groups is 1. The van der Waals surface area contributed by atoms with Crippen molar-refractivity contribution in [2.45, 2.75) is 20.8 Å². The third-order valence-electron chi connectivity index (χ3n) is 2.97. The summed E-state index contributed by atoms with van der Waals surface area (Å²) in [6.45, 7) is 9.34. The Morgan fingerprint density at radius 2 is 1.95 bits per heavy atom. The molecular formula is C13H28N4O2S2. The monoisotopic (exact) mass is 336 g/mol. The molecule has 1 aliphatic heterocycles. The topological polar surface area (TPSA) is 73.8 Å². The van der Waals surface area contributed by atoms with Crippen molar-refractivity contribution in [1.29, 1.82) is 0 Å². The number of hydrogen-bond acceptors (Lipinski definition) is 4. The van der Waals surface area contributed by atoms with Crippen LogP contribution < -0.4 is 10.6 Å². The van der Waals surface area contributed by atoms with Crippen molar-refractivity contribution in [3.63, 3.8) is 0 Å². The molecule has 2 N–H and O–H groups in total. The fraction of sp³-hybridized carbons (Fsp3) is 0.923. The molecule has 0 bridgehead atoms. The SMILES string of the molecule is CCNC(=NCC(C)C)NCCS(=O)(=O)N1CCSCC1. The molecule has 0 aromatic heterocycles. The van der Waals surface area contributed by atoms with Gasteiger partial charge >= 0.3 is 0 Å². The van der Waals surface area contributed by atoms with Crippen molar-refractivity contribution < 1.29 is 8.42 Å². The fourth-order valence-corrected chi connectivity index (χ4v) is 4.36. The predicted molar refractivity (Wildman–Crippen MR) is 91.5 cm³/mol. The van der Waals surface area contributed by atoms with Crippen LogP contribution in [0.15, 0.2) is 4.99 Å². The molecule has 124 valence electrons. The molecule has 0 aromatic rings. The van der Waals surface area contributed by atoms with E-state index in [0.717, 1.165) is 24.6 Å². The normalized spacial score (nSPS) is 18.0. The number of hydrogen-bond donors (Lipinski definition) is 2. The van der Waals surface area contributed by atoms with Crippen molar-refractivity contribution in [1.82, 2.24) is 14.9 Å². The molecule has 1 saturated heterocycles. The van der Waals surface area contributed by atoms with Gasteiger partial charge in [-0.1, -0.05) is 13.8 Å². The van der Waals surface area contributed by atoms with Crippen LogP contribution in [0, 0.1) is 5.92 Å². The van der Waals surface area contributed by atoms with E-state index in [4.69, 9.17) is 0 Å². The maximum absolute atomic E-state index is 12.2. The second-order valence-electron chi connectivity index (χ2n) is 5.37. The molecule has 21 heavy (non-hydrogen) atoms. The maximum Gasteiger partial charge on any atom is 0.215 e. The lowest BCUT2D eigenvalue weighted by atomic mass is 10.2. The highest BCUT2D eigenvalue weighted by atomic mass is 32.2. The van der Waals surface area contributed by atoms with Gasteiger partial charge in [-0.05, 0) is 12.8 Å². The van der Waals surface area contributed by atoms with Gasteiger partial charge in [-0.15, -0.1) is 0 Å². The summed E-state index contributed by atoms with van der Waals surface area (Å²) in [6, 6.07) is 0. The minimum absolute atomic E-state index is 0.115. The first kappa shape index (κ1) is 18.6. The molecule has 0 amide bonds. The number of nitrogens with zero attached hydrogens (tertiary/aromatic N) is 2. The molecule has 1 heterocycles. The van der Waals surface area contributed by atoms with Gasteiger partial charge in [0, 0.05) is 44.2 Å². The summed E-state index contributed by atoms with van der Waals surface area (Å²) in [4.78, 5) is 4.43. The highest BCUT2D eigenvalue weighted by molar-refractivity contribution is 7.99. The molecule has 0 atom stereocenters. The summed E-state index contributed by atoms with van der Waals surface area (Å²) in [6.07, 6.45) is 0. The van der Waals surface area contributed by atoms with Crippen LogP contribution in [0.2, 0.25) is 0 Å². The number of nitrogens with one attached hydrogen (secondary N) is 2. The second-order valence-corrected chi connectivity index (χ2v) is 8.68. The van der Waals surface area contributed by atoms with Crippen LogP contribution in [0.3, 0.4) is 0 Å². The van der Waals surface area contributed by atoms with Crippen LogP contribution in [-0.2, 0) is 10.0 Å². The molecule has 6 nitrogen and oxygen atoms in total. The molecule has 0 saturated carbocycles. The molecule has 0 radical (unpaired) electrons. The van der Waals surface area contributed by atoms with Crippen molar-refractivity contribution in [2.24, 2.45) is 10.9 Å². The summed E-state index contributed by atoms with van der Waals surface area (Å²) in [5.74, 6) is 3.07. The average molecular weight is 337 g/mol. The minimum Gasteiger partial charge on any atom is -0.357 e. The van der Waals surface area contributed by atoms with Crippen LogP contribution in [0.25, 0.3) is 0 Å². The molecular weight excluding hydrogens is 308 g/mol. The van der Waals surface area contributed by atoms with E-state index >= 15 is 0 Å². The molecule has 1 fully saturated rings. The molecule has 0 spiro atoms. The summed E-state index contributed by atoms with van der Waals surface area (Å²) in [7, 11) is -3.15. The molecule has 0 aromatic carbocycles. The Balaban J connectivity index is 2.43. The highest BCUT2D eigenvalue weighted by Gasteiger charge is 2.23. The van der Waals surface area contributed by atoms with Gasteiger partial charge in [-0.25, -0.2) is 12.7 Å². The summed E-state index contributed by atoms with van der Waals surface area (Å²) >= 11 is 1.81. The lowest BCUT2D eigenvalue weighted by molar-refractivity contribution is 0.443. The van der Waals surface area contributed by atoms with E-state index in [9.17, 15) is 8.42 Å². The largest absolute Gasteiger partial charge is 0.357 e. The molecule has 1 rings (SSSR count). The van der Waals surface area contributed by atoms with Crippen LogP contribution in [-0.4, -0.2) is 68.7 Å². The zero-order valence-corrected chi connectivity index (χ0v) is 14.9. The van der Waals surface area contributed by atoms with E-state index in [2.05, 4.69) is 29.5 Å². The van der Waals surface area contributed by atoms with Crippen LogP contribution in [0.4, 0.5) is 0 Å². The summed E-state index contributed by atoms with van der Waals surface area (Å²) in [5, 5.41) is 6.23. The van der Waals surface area contributed by atoms with E-state index in [1.165, 1.54) is 0 Å². The number of thioether (sulfide) groups is 1. The third-order valence-corrected chi connectivity index (χ3v) is 5.79. The molecule has 0 aliphatic carbocycles. The Morgan fingerprint density at radius 3 is 2.52 bits per heavy atom. The van der Waals surface area contributed by atoms with Crippen molar-refractivity contribution in [3.8, 4) is 0 Å². The quantitative estimate of drug-likeness (QED) is 0.525. The summed E-state index contributed by atoms with van der Waals surface area (Å²) < 4.78 is 26.0. The Labute approximate surface area is 133 Å². The second kappa shape index (κ2) is 9.53. The molecule has 8 heteroatoms. The Hall–Kier alpha value is -0.470. The first-order chi connectivity index (χ1) is 9.95. The van der Waals surface area contributed by atoms with E-state index in [1.807, 2.05) is 18.7 Å². The van der Waals surface area contributed by atoms with Gasteiger partial charge in [-0.3, -0.25) is 4.99 Å². The Bertz CT molecular complexity index is 418. The van der Waals surface area contributed by atoms with Gasteiger partial charge in [-0.2, -0.15) is 11.8 Å². The van der Waals surface area contributed by atoms with E-state index in [0.29, 0.717) is 31.5 Å². The zero-order chi connectivity index (χ0) is 15.7. The smallest absolute Gasteiger partial charge is 0.215 e. The van der Waals surface area contributed by atoms with Gasteiger partial charge in [0.1, 0.15) is 0 Å².